The molecule has 1 aliphatic heterocycles. The average Bonchev–Trinajstić information content (AvgIpc) is 3.35. The van der Waals surface area contributed by atoms with Crippen molar-refractivity contribution < 1.29 is 13.2 Å². The van der Waals surface area contributed by atoms with Crippen molar-refractivity contribution in [2.24, 2.45) is 4.99 Å². The van der Waals surface area contributed by atoms with Crippen molar-refractivity contribution in [1.29, 1.82) is 0 Å². The van der Waals surface area contributed by atoms with Crippen LogP contribution in [-0.4, -0.2) is 10.7 Å². The van der Waals surface area contributed by atoms with Gasteiger partial charge in [0, 0.05) is 16.3 Å². The van der Waals surface area contributed by atoms with Crippen molar-refractivity contribution in [3.63, 3.8) is 0 Å². The minimum atomic E-state index is -0.573. The van der Waals surface area contributed by atoms with Gasteiger partial charge in [-0.05, 0) is 60.9 Å². The van der Waals surface area contributed by atoms with Crippen LogP contribution in [0.15, 0.2) is 70.1 Å². The van der Waals surface area contributed by atoms with Gasteiger partial charge in [-0.1, -0.05) is 29.8 Å². The molecule has 6 heteroatoms. The van der Waals surface area contributed by atoms with E-state index in [-0.39, 0.29) is 11.6 Å². The Hall–Kier alpha value is -3.05. The number of hydrogen-bond acceptors (Lipinski definition) is 3. The molecule has 1 aliphatic rings. The predicted molar refractivity (Wildman–Crippen MR) is 109 cm³/mol. The summed E-state index contributed by atoms with van der Waals surface area (Å²) in [4.78, 5) is 9.06. The molecule has 29 heavy (non-hydrogen) atoms. The fourth-order valence-corrected chi connectivity index (χ4v) is 3.83. The second-order valence-electron chi connectivity index (χ2n) is 6.98. The smallest absolute Gasteiger partial charge is 0.227 e. The van der Waals surface area contributed by atoms with Crippen molar-refractivity contribution in [1.82, 2.24) is 4.98 Å². The minimum absolute atomic E-state index is 0.0169. The average molecular weight is 409 g/mol. The highest BCUT2D eigenvalue weighted by atomic mass is 35.5. The number of aliphatic imine (C=N–C) groups is 1. The Bertz CT molecular complexity index is 1230. The predicted octanol–water partition coefficient (Wildman–Crippen LogP) is 6.75. The topological polar surface area (TPSA) is 38.4 Å². The molecule has 0 aliphatic carbocycles. The molecule has 144 valence electrons. The van der Waals surface area contributed by atoms with Gasteiger partial charge in [0.05, 0.1) is 11.6 Å². The number of oxazole rings is 1. The van der Waals surface area contributed by atoms with Gasteiger partial charge in [0.2, 0.25) is 5.89 Å². The SMILES string of the molecule is Fc1cccc(F)c1C1=NC(c2ccc(-c3nc4cc(Cl)ccc4o3)cc2)CC1. The first-order chi connectivity index (χ1) is 14.1. The first-order valence-electron chi connectivity index (χ1n) is 9.26. The lowest BCUT2D eigenvalue weighted by Gasteiger charge is -2.07. The van der Waals surface area contributed by atoms with Gasteiger partial charge in [-0.2, -0.15) is 0 Å². The number of halogens is 3. The normalized spacial score (nSPS) is 16.4. The largest absolute Gasteiger partial charge is 0.436 e. The Morgan fingerprint density at radius 3 is 2.48 bits per heavy atom. The second kappa shape index (κ2) is 7.08. The zero-order valence-corrected chi connectivity index (χ0v) is 16.0. The Labute approximate surface area is 170 Å². The maximum atomic E-state index is 14.0. The molecular formula is C23H15ClF2N2O. The van der Waals surface area contributed by atoms with Crippen LogP contribution in [0, 0.1) is 11.6 Å². The molecule has 1 unspecified atom stereocenters. The van der Waals surface area contributed by atoms with E-state index in [4.69, 9.17) is 16.0 Å². The molecule has 3 nitrogen and oxygen atoms in total. The third-order valence-corrected chi connectivity index (χ3v) is 5.34. The molecule has 0 saturated heterocycles. The van der Waals surface area contributed by atoms with E-state index in [0.29, 0.717) is 40.6 Å². The molecule has 5 rings (SSSR count). The van der Waals surface area contributed by atoms with Crippen LogP contribution in [-0.2, 0) is 0 Å². The number of rotatable bonds is 3. The molecule has 3 aromatic carbocycles. The summed E-state index contributed by atoms with van der Waals surface area (Å²) in [6, 6.07) is 16.8. The van der Waals surface area contributed by atoms with Crippen molar-refractivity contribution in [3.8, 4) is 11.5 Å². The van der Waals surface area contributed by atoms with Crippen molar-refractivity contribution in [2.45, 2.75) is 18.9 Å². The van der Waals surface area contributed by atoms with E-state index in [1.54, 1.807) is 18.2 Å². The van der Waals surface area contributed by atoms with Crippen LogP contribution >= 0.6 is 11.6 Å². The number of fused-ring (bicyclic) bond motifs is 1. The third kappa shape index (κ3) is 3.32. The first-order valence-corrected chi connectivity index (χ1v) is 9.64. The molecule has 4 aromatic rings. The molecule has 0 amide bonds. The van der Waals surface area contributed by atoms with E-state index >= 15 is 0 Å². The van der Waals surface area contributed by atoms with E-state index in [9.17, 15) is 8.78 Å². The molecule has 0 fully saturated rings. The Morgan fingerprint density at radius 1 is 0.966 bits per heavy atom. The Morgan fingerprint density at radius 2 is 1.72 bits per heavy atom. The summed E-state index contributed by atoms with van der Waals surface area (Å²) in [6.07, 6.45) is 1.25. The molecule has 1 aromatic heterocycles. The first kappa shape index (κ1) is 18.0. The highest BCUT2D eigenvalue weighted by Gasteiger charge is 2.24. The zero-order chi connectivity index (χ0) is 20.0. The van der Waals surface area contributed by atoms with Crippen LogP contribution in [0.4, 0.5) is 8.78 Å². The fourth-order valence-electron chi connectivity index (χ4n) is 3.67. The molecule has 0 spiro atoms. The van der Waals surface area contributed by atoms with Crippen LogP contribution in [0.2, 0.25) is 5.02 Å². The quantitative estimate of drug-likeness (QED) is 0.376. The van der Waals surface area contributed by atoms with Gasteiger partial charge >= 0.3 is 0 Å². The van der Waals surface area contributed by atoms with Gasteiger partial charge in [0.25, 0.3) is 0 Å². The third-order valence-electron chi connectivity index (χ3n) is 5.11. The molecule has 0 N–H and O–H groups in total. The molecular weight excluding hydrogens is 394 g/mol. The molecule has 1 atom stereocenters. The van der Waals surface area contributed by atoms with Gasteiger partial charge in [0.1, 0.15) is 17.2 Å². The van der Waals surface area contributed by atoms with Gasteiger partial charge in [-0.25, -0.2) is 13.8 Å². The lowest BCUT2D eigenvalue weighted by Crippen LogP contribution is -2.03. The summed E-state index contributed by atoms with van der Waals surface area (Å²) >= 11 is 6.00. The number of aromatic nitrogens is 1. The maximum Gasteiger partial charge on any atom is 0.227 e. The van der Waals surface area contributed by atoms with Crippen LogP contribution in [0.1, 0.15) is 30.0 Å². The Kier molecular flexibility index (Phi) is 4.40. The van der Waals surface area contributed by atoms with Crippen molar-refractivity contribution in [3.05, 3.63) is 88.4 Å². The van der Waals surface area contributed by atoms with E-state index in [1.165, 1.54) is 18.2 Å². The van der Waals surface area contributed by atoms with Crippen molar-refractivity contribution >= 4 is 28.4 Å². The summed E-state index contributed by atoms with van der Waals surface area (Å²) in [5, 5.41) is 0.605. The lowest BCUT2D eigenvalue weighted by atomic mass is 10.0. The maximum absolute atomic E-state index is 14.0. The monoisotopic (exact) mass is 408 g/mol. The van der Waals surface area contributed by atoms with Crippen LogP contribution in [0.5, 0.6) is 0 Å². The molecule has 0 saturated carbocycles. The highest BCUT2D eigenvalue weighted by molar-refractivity contribution is 6.31. The number of nitrogens with zero attached hydrogens (tertiary/aromatic N) is 2. The van der Waals surface area contributed by atoms with Crippen molar-refractivity contribution in [2.75, 3.05) is 0 Å². The summed E-state index contributed by atoms with van der Waals surface area (Å²) < 4.78 is 33.9. The highest BCUT2D eigenvalue weighted by Crippen LogP contribution is 2.34. The van der Waals surface area contributed by atoms with E-state index in [2.05, 4.69) is 9.98 Å². The Balaban J connectivity index is 1.42. The summed E-state index contributed by atoms with van der Waals surface area (Å²) in [7, 11) is 0. The van der Waals surface area contributed by atoms with Gasteiger partial charge in [0.15, 0.2) is 5.58 Å². The van der Waals surface area contributed by atoms with Gasteiger partial charge in [-0.15, -0.1) is 0 Å². The summed E-state index contributed by atoms with van der Waals surface area (Å²) in [5.74, 6) is -0.635. The molecule has 0 bridgehead atoms. The molecule has 0 radical (unpaired) electrons. The lowest BCUT2D eigenvalue weighted by molar-refractivity contribution is 0.578. The van der Waals surface area contributed by atoms with Gasteiger partial charge < -0.3 is 4.42 Å². The van der Waals surface area contributed by atoms with Gasteiger partial charge in [-0.3, -0.25) is 4.99 Å². The fraction of sp³-hybridized carbons (Fsp3) is 0.130. The van der Waals surface area contributed by atoms with E-state index in [0.717, 1.165) is 11.1 Å². The van der Waals surface area contributed by atoms with E-state index < -0.39 is 11.6 Å². The van der Waals surface area contributed by atoms with Crippen LogP contribution in [0.3, 0.4) is 0 Å². The van der Waals surface area contributed by atoms with Crippen LogP contribution in [0.25, 0.3) is 22.6 Å². The molecule has 2 heterocycles. The standard InChI is InChI=1S/C23H15ClF2N2O/c24-15-8-11-21-20(12-15)28-23(29-21)14-6-4-13(5-7-14)18-9-10-19(27-18)22-16(25)2-1-3-17(22)26/h1-8,11-12,18H,9-10H2. The second-order valence-corrected chi connectivity index (χ2v) is 7.42. The van der Waals surface area contributed by atoms with E-state index in [1.807, 2.05) is 24.3 Å². The summed E-state index contributed by atoms with van der Waals surface area (Å²) in [6.45, 7) is 0. The number of benzene rings is 3. The number of hydrogen-bond donors (Lipinski definition) is 0. The minimum Gasteiger partial charge on any atom is -0.436 e. The zero-order valence-electron chi connectivity index (χ0n) is 15.2. The summed E-state index contributed by atoms with van der Waals surface area (Å²) in [5.41, 5.74) is 3.66. The van der Waals surface area contributed by atoms with Crippen LogP contribution < -0.4 is 0 Å².